The summed E-state index contributed by atoms with van der Waals surface area (Å²) >= 11 is 2.59. The molecule has 0 amide bonds. The first-order valence-corrected chi connectivity index (χ1v) is 7.91. The number of rotatable bonds is 6. The van der Waals surface area contributed by atoms with Gasteiger partial charge in [-0.2, -0.15) is 4.98 Å². The van der Waals surface area contributed by atoms with Crippen LogP contribution < -0.4 is 0 Å². The Morgan fingerprint density at radius 1 is 1.45 bits per heavy atom. The summed E-state index contributed by atoms with van der Waals surface area (Å²) in [6.45, 7) is 5.87. The Hall–Kier alpha value is -1.41. The van der Waals surface area contributed by atoms with Gasteiger partial charge in [0.25, 0.3) is 0 Å². The zero-order valence-corrected chi connectivity index (χ0v) is 13.0. The maximum atomic E-state index is 10.9. The number of hydrogen-bond donors (Lipinski definition) is 1. The zero-order valence-electron chi connectivity index (χ0n) is 11.4. The number of aromatic carboxylic acids is 1. The van der Waals surface area contributed by atoms with E-state index >= 15 is 0 Å². The summed E-state index contributed by atoms with van der Waals surface area (Å²) in [5, 5.41) is 12.9. The number of aromatic nitrogens is 3. The van der Waals surface area contributed by atoms with Crippen LogP contribution in [-0.4, -0.2) is 26.2 Å². The van der Waals surface area contributed by atoms with E-state index in [2.05, 4.69) is 29.0 Å². The molecule has 2 rings (SSSR count). The minimum atomic E-state index is -0.939. The van der Waals surface area contributed by atoms with Crippen LogP contribution >= 0.6 is 23.1 Å². The molecule has 0 aliphatic rings. The van der Waals surface area contributed by atoms with Crippen LogP contribution in [0.3, 0.4) is 0 Å². The molecule has 0 unspecified atom stereocenters. The maximum absolute atomic E-state index is 10.9. The molecule has 0 saturated heterocycles. The van der Waals surface area contributed by atoms with Gasteiger partial charge in [-0.05, 0) is 12.8 Å². The van der Waals surface area contributed by atoms with Crippen LogP contribution in [0.4, 0.5) is 0 Å². The molecule has 6 nitrogen and oxygen atoms in total. The van der Waals surface area contributed by atoms with Crippen molar-refractivity contribution in [2.75, 3.05) is 0 Å². The van der Waals surface area contributed by atoms with Gasteiger partial charge < -0.3 is 9.63 Å². The fraction of sp³-hybridized carbons (Fsp3) is 0.500. The lowest BCUT2D eigenvalue weighted by Gasteiger charge is -1.95. The Labute approximate surface area is 124 Å². The van der Waals surface area contributed by atoms with Gasteiger partial charge in [-0.3, -0.25) is 0 Å². The van der Waals surface area contributed by atoms with Crippen LogP contribution in [-0.2, 0) is 12.2 Å². The highest BCUT2D eigenvalue weighted by molar-refractivity contribution is 8.00. The van der Waals surface area contributed by atoms with Crippen molar-refractivity contribution in [3.63, 3.8) is 0 Å². The summed E-state index contributed by atoms with van der Waals surface area (Å²) in [5.41, 5.74) is 0.540. The average molecular weight is 313 g/mol. The third kappa shape index (κ3) is 3.80. The molecule has 0 aliphatic heterocycles. The molecule has 2 aromatic heterocycles. The van der Waals surface area contributed by atoms with Gasteiger partial charge in [0.2, 0.25) is 5.89 Å². The van der Waals surface area contributed by atoms with Gasteiger partial charge in [0, 0.05) is 6.42 Å². The van der Waals surface area contributed by atoms with Crippen LogP contribution in [0.1, 0.15) is 40.9 Å². The van der Waals surface area contributed by atoms with Crippen LogP contribution in [0, 0.1) is 12.8 Å². The largest absolute Gasteiger partial charge is 0.477 e. The summed E-state index contributed by atoms with van der Waals surface area (Å²) in [6, 6.07) is 0. The highest BCUT2D eigenvalue weighted by Gasteiger charge is 2.15. The van der Waals surface area contributed by atoms with E-state index in [1.54, 1.807) is 6.92 Å². The molecule has 8 heteroatoms. The van der Waals surface area contributed by atoms with Crippen molar-refractivity contribution in [1.29, 1.82) is 0 Å². The predicted octanol–water partition coefficient (Wildman–Crippen LogP) is 3.02. The molecule has 108 valence electrons. The van der Waals surface area contributed by atoms with E-state index in [1.807, 2.05) is 0 Å². The standard InChI is InChI=1S/C12H15N3O3S2/c1-6(2)4-9-14-8(15-18-9)5-19-12-13-7(3)10(20-12)11(16)17/h6H,4-5H2,1-3H3,(H,16,17). The van der Waals surface area contributed by atoms with E-state index in [1.165, 1.54) is 23.1 Å². The van der Waals surface area contributed by atoms with Crippen molar-refractivity contribution in [2.45, 2.75) is 37.3 Å². The van der Waals surface area contributed by atoms with Crippen LogP contribution in [0.25, 0.3) is 0 Å². The molecule has 0 radical (unpaired) electrons. The summed E-state index contributed by atoms with van der Waals surface area (Å²) in [6.07, 6.45) is 0.761. The van der Waals surface area contributed by atoms with Crippen LogP contribution in [0.5, 0.6) is 0 Å². The minimum absolute atomic E-state index is 0.279. The van der Waals surface area contributed by atoms with E-state index in [0.29, 0.717) is 33.4 Å². The first-order chi connectivity index (χ1) is 9.45. The third-order valence-corrected chi connectivity index (χ3v) is 4.67. The average Bonchev–Trinajstić information content (AvgIpc) is 2.92. The van der Waals surface area contributed by atoms with Gasteiger partial charge in [-0.1, -0.05) is 30.8 Å². The number of nitrogens with zero attached hydrogens (tertiary/aromatic N) is 3. The number of carboxylic acids is 1. The highest BCUT2D eigenvalue weighted by atomic mass is 32.2. The number of aryl methyl sites for hydroxylation is 1. The Morgan fingerprint density at radius 2 is 2.20 bits per heavy atom. The highest BCUT2D eigenvalue weighted by Crippen LogP contribution is 2.29. The smallest absolute Gasteiger partial charge is 0.347 e. The second-order valence-corrected chi connectivity index (χ2v) is 6.91. The van der Waals surface area contributed by atoms with E-state index in [-0.39, 0.29) is 4.88 Å². The molecule has 0 aliphatic carbocycles. The zero-order chi connectivity index (χ0) is 14.7. The molecule has 2 aromatic rings. The normalized spacial score (nSPS) is 11.2. The number of thioether (sulfide) groups is 1. The molecule has 0 bridgehead atoms. The molecule has 1 N–H and O–H groups in total. The maximum Gasteiger partial charge on any atom is 0.347 e. The number of carboxylic acid groups (broad SMARTS) is 1. The molecule has 0 aromatic carbocycles. The van der Waals surface area contributed by atoms with Crippen LogP contribution in [0.15, 0.2) is 8.86 Å². The first kappa shape index (κ1) is 15.0. The Balaban J connectivity index is 1.96. The summed E-state index contributed by atoms with van der Waals surface area (Å²) in [5.74, 6) is 1.29. The fourth-order valence-corrected chi connectivity index (χ4v) is 3.41. The van der Waals surface area contributed by atoms with Crippen molar-refractivity contribution in [1.82, 2.24) is 15.1 Å². The van der Waals surface area contributed by atoms with Gasteiger partial charge >= 0.3 is 5.97 Å². The molecule has 2 heterocycles. The summed E-state index contributed by atoms with van der Waals surface area (Å²) in [7, 11) is 0. The molecule has 0 spiro atoms. The minimum Gasteiger partial charge on any atom is -0.477 e. The summed E-state index contributed by atoms with van der Waals surface area (Å²) in [4.78, 5) is 19.7. The van der Waals surface area contributed by atoms with E-state index in [0.717, 1.165) is 6.42 Å². The third-order valence-electron chi connectivity index (χ3n) is 2.39. The second-order valence-electron chi connectivity index (χ2n) is 4.69. The SMILES string of the molecule is Cc1nc(SCc2noc(CC(C)C)n2)sc1C(=O)O. The van der Waals surface area contributed by atoms with Gasteiger partial charge in [0.15, 0.2) is 10.2 Å². The quantitative estimate of drug-likeness (QED) is 0.820. The molecular formula is C12H15N3O3S2. The van der Waals surface area contributed by atoms with E-state index in [4.69, 9.17) is 9.63 Å². The fourth-order valence-electron chi connectivity index (χ4n) is 1.54. The Kier molecular flexibility index (Phi) is 4.77. The number of hydrogen-bond acceptors (Lipinski definition) is 7. The lowest BCUT2D eigenvalue weighted by atomic mass is 10.1. The Morgan fingerprint density at radius 3 is 2.80 bits per heavy atom. The van der Waals surface area contributed by atoms with Gasteiger partial charge in [0.1, 0.15) is 4.88 Å². The van der Waals surface area contributed by atoms with Crippen molar-refractivity contribution < 1.29 is 14.4 Å². The van der Waals surface area contributed by atoms with Crippen molar-refractivity contribution >= 4 is 29.1 Å². The lowest BCUT2D eigenvalue weighted by Crippen LogP contribution is -1.94. The lowest BCUT2D eigenvalue weighted by molar-refractivity contribution is 0.0701. The van der Waals surface area contributed by atoms with Gasteiger partial charge in [0.05, 0.1) is 11.4 Å². The number of carbonyl (C=O) groups is 1. The van der Waals surface area contributed by atoms with Gasteiger partial charge in [-0.25, -0.2) is 9.78 Å². The monoisotopic (exact) mass is 313 g/mol. The van der Waals surface area contributed by atoms with E-state index in [9.17, 15) is 4.79 Å². The topological polar surface area (TPSA) is 89.1 Å². The molecule has 0 atom stereocenters. The predicted molar refractivity (Wildman–Crippen MR) is 76.2 cm³/mol. The Bertz CT molecular complexity index is 607. The molecule has 20 heavy (non-hydrogen) atoms. The second kappa shape index (κ2) is 6.36. The van der Waals surface area contributed by atoms with E-state index < -0.39 is 5.97 Å². The molecule has 0 saturated carbocycles. The van der Waals surface area contributed by atoms with Crippen molar-refractivity contribution in [2.24, 2.45) is 5.92 Å². The van der Waals surface area contributed by atoms with Crippen molar-refractivity contribution in [3.8, 4) is 0 Å². The number of thiazole rings is 1. The van der Waals surface area contributed by atoms with Crippen LogP contribution in [0.2, 0.25) is 0 Å². The van der Waals surface area contributed by atoms with Gasteiger partial charge in [-0.15, -0.1) is 11.3 Å². The summed E-state index contributed by atoms with van der Waals surface area (Å²) < 4.78 is 5.85. The molecule has 0 fully saturated rings. The molecular weight excluding hydrogens is 298 g/mol. The first-order valence-electron chi connectivity index (χ1n) is 6.10. The van der Waals surface area contributed by atoms with Crippen molar-refractivity contribution in [3.05, 3.63) is 22.3 Å².